The Labute approximate surface area is 77.4 Å². The van der Waals surface area contributed by atoms with Crippen LogP contribution in [0.3, 0.4) is 0 Å². The van der Waals surface area contributed by atoms with Gasteiger partial charge in [-0.3, -0.25) is 5.32 Å². The van der Waals surface area contributed by atoms with Crippen LogP contribution in [0.25, 0.3) is 0 Å². The van der Waals surface area contributed by atoms with Crippen LogP contribution in [0.5, 0.6) is 0 Å². The molecule has 70 valence electrons. The van der Waals surface area contributed by atoms with Crippen LogP contribution in [0.2, 0.25) is 0 Å². The molecule has 1 fully saturated rings. The van der Waals surface area contributed by atoms with Crippen LogP contribution in [-0.4, -0.2) is 25.9 Å². The highest BCUT2D eigenvalue weighted by atomic mass is 19.1. The van der Waals surface area contributed by atoms with Gasteiger partial charge >= 0.3 is 0 Å². The van der Waals surface area contributed by atoms with Crippen molar-refractivity contribution in [2.75, 3.05) is 24.5 Å². The normalized spacial score (nSPS) is 23.2. The fourth-order valence-corrected chi connectivity index (χ4v) is 1.58. The molecule has 2 nitrogen and oxygen atoms in total. The quantitative estimate of drug-likeness (QED) is 0.657. The Balaban J connectivity index is 2.08. The Morgan fingerprint density at radius 1 is 1.31 bits per heavy atom. The molecule has 1 aliphatic heterocycles. The fraction of sp³-hybridized carbons (Fsp3) is 0.400. The van der Waals surface area contributed by atoms with Crippen molar-refractivity contribution in [1.29, 1.82) is 0 Å². The molecule has 0 aromatic heterocycles. The van der Waals surface area contributed by atoms with Crippen LogP contribution in [0.15, 0.2) is 30.3 Å². The highest BCUT2D eigenvalue weighted by Crippen LogP contribution is 2.14. The van der Waals surface area contributed by atoms with E-state index in [1.807, 2.05) is 30.3 Å². The number of hydrogen-bond acceptors (Lipinski definition) is 2. The summed E-state index contributed by atoms with van der Waals surface area (Å²) in [4.78, 5) is 2.06. The maximum Gasteiger partial charge on any atom is 0.168 e. The van der Waals surface area contributed by atoms with Gasteiger partial charge in [0.05, 0.1) is 6.54 Å². The minimum absolute atomic E-state index is 0.448. The highest BCUT2D eigenvalue weighted by molar-refractivity contribution is 5.46. The van der Waals surface area contributed by atoms with Gasteiger partial charge in [0.1, 0.15) is 0 Å². The average Bonchev–Trinajstić information content (AvgIpc) is 2.19. The molecule has 1 saturated heterocycles. The molecule has 1 heterocycles. The second-order valence-corrected chi connectivity index (χ2v) is 3.20. The van der Waals surface area contributed by atoms with E-state index < -0.39 is 6.30 Å². The molecule has 1 unspecified atom stereocenters. The van der Waals surface area contributed by atoms with E-state index in [-0.39, 0.29) is 0 Å². The standard InChI is InChI=1S/C10H13FN2/c11-10-8-13(7-6-12-10)9-4-2-1-3-5-9/h1-5,10,12H,6-8H2. The lowest BCUT2D eigenvalue weighted by molar-refractivity contribution is 0.256. The Bertz CT molecular complexity index is 263. The first-order chi connectivity index (χ1) is 6.36. The Hall–Kier alpha value is -1.09. The Morgan fingerprint density at radius 2 is 2.08 bits per heavy atom. The number of piperazine rings is 1. The molecule has 0 aliphatic carbocycles. The predicted octanol–water partition coefficient (Wildman–Crippen LogP) is 1.39. The van der Waals surface area contributed by atoms with E-state index in [9.17, 15) is 4.39 Å². The molecule has 3 heteroatoms. The largest absolute Gasteiger partial charge is 0.366 e. The van der Waals surface area contributed by atoms with E-state index in [4.69, 9.17) is 0 Å². The third kappa shape index (κ3) is 1.98. The van der Waals surface area contributed by atoms with Gasteiger partial charge in [0, 0.05) is 18.8 Å². The van der Waals surface area contributed by atoms with Gasteiger partial charge in [0.2, 0.25) is 0 Å². The van der Waals surface area contributed by atoms with E-state index in [0.717, 1.165) is 18.8 Å². The molecule has 0 bridgehead atoms. The van der Waals surface area contributed by atoms with Gasteiger partial charge in [-0.25, -0.2) is 4.39 Å². The third-order valence-electron chi connectivity index (χ3n) is 2.25. The monoisotopic (exact) mass is 180 g/mol. The summed E-state index contributed by atoms with van der Waals surface area (Å²) in [5.74, 6) is 0. The number of alkyl halides is 1. The topological polar surface area (TPSA) is 15.3 Å². The summed E-state index contributed by atoms with van der Waals surface area (Å²) in [6.45, 7) is 2.05. The summed E-state index contributed by atoms with van der Waals surface area (Å²) < 4.78 is 13.0. The van der Waals surface area contributed by atoms with Crippen molar-refractivity contribution in [2.45, 2.75) is 6.30 Å². The maximum atomic E-state index is 13.0. The predicted molar refractivity (Wildman–Crippen MR) is 51.6 cm³/mol. The summed E-state index contributed by atoms with van der Waals surface area (Å²) in [6.07, 6.45) is -0.894. The first kappa shape index (κ1) is 8.51. The van der Waals surface area contributed by atoms with E-state index in [1.54, 1.807) is 0 Å². The molecule has 0 spiro atoms. The molecular weight excluding hydrogens is 167 g/mol. The van der Waals surface area contributed by atoms with Crippen molar-refractivity contribution in [3.05, 3.63) is 30.3 Å². The second kappa shape index (κ2) is 3.75. The van der Waals surface area contributed by atoms with Gasteiger partial charge < -0.3 is 4.90 Å². The van der Waals surface area contributed by atoms with Crippen LogP contribution >= 0.6 is 0 Å². The van der Waals surface area contributed by atoms with Crippen molar-refractivity contribution >= 4 is 5.69 Å². The molecule has 2 rings (SSSR count). The molecule has 1 N–H and O–H groups in total. The first-order valence-electron chi connectivity index (χ1n) is 4.54. The van der Waals surface area contributed by atoms with Crippen LogP contribution in [0, 0.1) is 0 Å². The number of anilines is 1. The second-order valence-electron chi connectivity index (χ2n) is 3.20. The Morgan fingerprint density at radius 3 is 2.77 bits per heavy atom. The number of benzene rings is 1. The molecule has 0 amide bonds. The number of halogens is 1. The molecule has 0 radical (unpaired) electrons. The summed E-state index contributed by atoms with van der Waals surface area (Å²) >= 11 is 0. The highest BCUT2D eigenvalue weighted by Gasteiger charge is 2.17. The van der Waals surface area contributed by atoms with Crippen molar-refractivity contribution in [1.82, 2.24) is 5.32 Å². The zero-order chi connectivity index (χ0) is 9.10. The van der Waals surface area contributed by atoms with Crippen molar-refractivity contribution in [3.63, 3.8) is 0 Å². The summed E-state index contributed by atoms with van der Waals surface area (Å²) in [5, 5.41) is 2.77. The van der Waals surface area contributed by atoms with Gasteiger partial charge in [-0.15, -0.1) is 0 Å². The summed E-state index contributed by atoms with van der Waals surface area (Å²) in [7, 11) is 0. The maximum absolute atomic E-state index is 13.0. The third-order valence-corrected chi connectivity index (χ3v) is 2.25. The van der Waals surface area contributed by atoms with E-state index in [0.29, 0.717) is 6.54 Å². The number of hydrogen-bond donors (Lipinski definition) is 1. The molecule has 0 saturated carbocycles. The first-order valence-corrected chi connectivity index (χ1v) is 4.54. The van der Waals surface area contributed by atoms with Gasteiger partial charge in [-0.1, -0.05) is 18.2 Å². The Kier molecular flexibility index (Phi) is 2.45. The molecule has 13 heavy (non-hydrogen) atoms. The smallest absolute Gasteiger partial charge is 0.168 e. The van der Waals surface area contributed by atoms with E-state index >= 15 is 0 Å². The van der Waals surface area contributed by atoms with Crippen molar-refractivity contribution in [3.8, 4) is 0 Å². The molecular formula is C10H13FN2. The minimum atomic E-state index is -0.894. The van der Waals surface area contributed by atoms with Crippen molar-refractivity contribution < 1.29 is 4.39 Å². The molecule has 1 aromatic rings. The van der Waals surface area contributed by atoms with Crippen LogP contribution < -0.4 is 10.2 Å². The zero-order valence-electron chi connectivity index (χ0n) is 7.41. The van der Waals surface area contributed by atoms with Gasteiger partial charge in [0.15, 0.2) is 6.30 Å². The van der Waals surface area contributed by atoms with Crippen LogP contribution in [0.1, 0.15) is 0 Å². The molecule has 1 aliphatic rings. The van der Waals surface area contributed by atoms with Gasteiger partial charge in [0.25, 0.3) is 0 Å². The van der Waals surface area contributed by atoms with Crippen LogP contribution in [-0.2, 0) is 0 Å². The number of para-hydroxylation sites is 1. The molecule has 1 aromatic carbocycles. The number of nitrogens with one attached hydrogen (secondary N) is 1. The van der Waals surface area contributed by atoms with E-state index in [1.165, 1.54) is 0 Å². The summed E-state index contributed by atoms with van der Waals surface area (Å²) in [6, 6.07) is 9.95. The van der Waals surface area contributed by atoms with Crippen molar-refractivity contribution in [2.24, 2.45) is 0 Å². The van der Waals surface area contributed by atoms with Crippen LogP contribution in [0.4, 0.5) is 10.1 Å². The number of nitrogens with zero attached hydrogens (tertiary/aromatic N) is 1. The molecule has 1 atom stereocenters. The van der Waals surface area contributed by atoms with E-state index in [2.05, 4.69) is 10.2 Å². The van der Waals surface area contributed by atoms with Gasteiger partial charge in [-0.05, 0) is 12.1 Å². The lowest BCUT2D eigenvalue weighted by atomic mass is 10.2. The number of rotatable bonds is 1. The minimum Gasteiger partial charge on any atom is -0.366 e. The zero-order valence-corrected chi connectivity index (χ0v) is 7.41. The fourth-order valence-electron chi connectivity index (χ4n) is 1.58. The summed E-state index contributed by atoms with van der Waals surface area (Å²) in [5.41, 5.74) is 1.10. The lowest BCUT2D eigenvalue weighted by Crippen LogP contribution is -2.48. The average molecular weight is 180 g/mol. The lowest BCUT2D eigenvalue weighted by Gasteiger charge is -2.31. The van der Waals surface area contributed by atoms with Gasteiger partial charge in [-0.2, -0.15) is 0 Å². The SMILES string of the molecule is FC1CN(c2ccccc2)CCN1.